The average molecular weight is 1570 g/mol. The van der Waals surface area contributed by atoms with Crippen molar-refractivity contribution < 1.29 is 63.4 Å². The van der Waals surface area contributed by atoms with Gasteiger partial charge in [-0.15, -0.1) is 0 Å². The van der Waals surface area contributed by atoms with Crippen LogP contribution in [-0.2, 0) is 18.5 Å². The Hall–Kier alpha value is -6.78. The van der Waals surface area contributed by atoms with Crippen LogP contribution in [0.2, 0.25) is 0 Å². The number of alkyl halides is 11. The van der Waals surface area contributed by atoms with Gasteiger partial charge in [-0.2, -0.15) is 39.5 Å². The molecule has 8 aromatic carbocycles. The standard InChI is InChI=1S/C36H28F6N4O2.C14H13F3N2.C10H8I2O2.CH4IP.CH4.BH.FH/c1-19-15-23(43)7-11-27(19)30-14-10-26(18-32(30)36(40,41)42)46-34(48)22-5-3-21(4-6-22)33(47)45-25-9-13-28(20(2)16-25)29-12-8-24(44)17-31(29)35(37,38)39;1-8-6-9(18)2-4-11(8)12-5-3-10(19)7-13(12)14(15,16)17;11-5-9(13)7-1-2-8(4-3-7)10(14)6-12;1-3-2;;;/h3-18H,43-44H2,1-2H3,(H,45,47)(H,46,48);2-7H,18-19H2,1H3;1-4H,5-6H2;3H,1H3;1H4;2*1H/i;;;3T;;1D;/hT. The van der Waals surface area contributed by atoms with Crippen molar-refractivity contribution in [2.75, 3.05) is 49.1 Å². The highest BCUT2D eigenvalue weighted by atomic mass is 127. The second kappa shape index (κ2) is 33.5. The lowest BCUT2D eigenvalue weighted by Gasteiger charge is -2.17. The molecule has 0 aromatic heterocycles. The maximum Gasteiger partial charge on any atom is 0.417 e. The molecule has 0 heterocycles. The Morgan fingerprint density at radius 2 is 0.713 bits per heavy atom. The van der Waals surface area contributed by atoms with Gasteiger partial charge in [0.15, 0.2) is 11.6 Å². The number of nitrogen functional groups attached to an aromatic ring is 4. The first-order chi connectivity index (χ1) is 41.7. The molecule has 87 heavy (non-hydrogen) atoms. The summed E-state index contributed by atoms with van der Waals surface area (Å²) in [6.07, 6.45) is -14.2. The van der Waals surface area contributed by atoms with Crippen LogP contribution < -0.4 is 33.6 Å². The van der Waals surface area contributed by atoms with E-state index in [4.69, 9.17) is 30.3 Å². The summed E-state index contributed by atoms with van der Waals surface area (Å²) in [5, 5.41) is 5.14. The average Bonchev–Trinajstić information content (AvgIpc) is 0.881. The molecule has 0 aliphatic heterocycles. The molecule has 1 unspecified atom stereocenters. The van der Waals surface area contributed by atoms with Gasteiger partial charge in [-0.05, 0) is 176 Å². The van der Waals surface area contributed by atoms with E-state index in [9.17, 15) is 58.7 Å². The van der Waals surface area contributed by atoms with Gasteiger partial charge in [0.25, 0.3) is 13.3 Å². The zero-order valence-corrected chi connectivity index (χ0v) is 53.2. The predicted molar refractivity (Wildman–Crippen MR) is 362 cm³/mol. The van der Waals surface area contributed by atoms with Crippen molar-refractivity contribution in [3.05, 3.63) is 213 Å². The number of aryl methyl sites for hydroxylation is 3. The summed E-state index contributed by atoms with van der Waals surface area (Å²) in [4.78, 5) is 48.4. The van der Waals surface area contributed by atoms with Crippen LogP contribution in [0.15, 0.2) is 158 Å². The summed E-state index contributed by atoms with van der Waals surface area (Å²) in [7, 11) is 3.75. The molecule has 0 saturated heterocycles. The SMILES string of the molecule is C.Cc1cc(N)ccc1-c1ccc(N)cc1C(F)(F)F.Cc1cc(NC(=O)c2ccc(C(=O)Nc3ccc(-c4ccc(N)cc4C)c(C(F)(F)F)c3)cc2)ccc1-c1ccc(N)cc1C(F)(F)F.O=C(CI)c1ccc(C(=O)CI)cc1.[2H][B].[3H]F.[3H]P(C)I. The van der Waals surface area contributed by atoms with Crippen LogP contribution >= 0.6 is 73.4 Å². The third-order valence-corrected chi connectivity index (χ3v) is 13.7. The molecule has 0 spiro atoms. The zero-order chi connectivity index (χ0) is 67.3. The minimum Gasteiger partial charge on any atom is -0.399 e. The zero-order valence-electron chi connectivity index (χ0n) is 48.8. The molecular weight excluding hydrogens is 1510 g/mol. The highest BCUT2D eigenvalue weighted by molar-refractivity contribution is 14.2. The number of carbonyl (C=O) groups excluding carboxylic acids is 4. The molecule has 8 aromatic rings. The minimum absolute atomic E-state index is 0. The predicted octanol–water partition coefficient (Wildman–Crippen LogP) is 17.9. The number of rotatable bonds is 11. The maximum absolute atomic E-state index is 14.0. The smallest absolute Gasteiger partial charge is 0.399 e. The van der Waals surface area contributed by atoms with E-state index in [0.29, 0.717) is 70.4 Å². The lowest BCUT2D eigenvalue weighted by molar-refractivity contribution is -0.137. The van der Waals surface area contributed by atoms with Crippen molar-refractivity contribution in [1.29, 1.82) is 4.07 Å². The van der Waals surface area contributed by atoms with Crippen molar-refractivity contribution in [2.45, 2.75) is 46.7 Å². The fourth-order valence-electron chi connectivity index (χ4n) is 8.35. The Balaban J connectivity index is 0.000000534. The number of anilines is 6. The van der Waals surface area contributed by atoms with Crippen molar-refractivity contribution >= 4 is 139 Å². The van der Waals surface area contributed by atoms with Gasteiger partial charge < -0.3 is 33.6 Å². The number of amides is 2. The van der Waals surface area contributed by atoms with Gasteiger partial charge in [-0.3, -0.25) is 23.9 Å². The number of nitrogens with two attached hydrogens (primary N) is 4. The number of hydrogen-bond acceptors (Lipinski definition) is 8. The Morgan fingerprint density at radius 3 is 1.00 bits per heavy atom. The largest absolute Gasteiger partial charge is 0.417 e. The number of nitrogens with one attached hydrogen (secondary N) is 2. The number of hydrogen-bond donors (Lipinski definition) is 6. The number of carbonyl (C=O) groups is 4. The van der Waals surface area contributed by atoms with E-state index in [-0.39, 0.29) is 63.9 Å². The van der Waals surface area contributed by atoms with Gasteiger partial charge in [-0.1, -0.05) is 141 Å². The quantitative estimate of drug-likeness (QED) is 0.0140. The number of ketones is 2. The van der Waals surface area contributed by atoms with Gasteiger partial charge in [-0.25, -0.2) is 0 Å². The van der Waals surface area contributed by atoms with E-state index >= 15 is 0 Å². The van der Waals surface area contributed by atoms with Crippen molar-refractivity contribution in [2.24, 2.45) is 0 Å². The van der Waals surface area contributed by atoms with Crippen LogP contribution in [0.4, 0.5) is 78.4 Å². The molecule has 8 rings (SSSR count). The minimum atomic E-state index is -4.71. The van der Waals surface area contributed by atoms with Crippen LogP contribution in [-0.4, -0.2) is 51.3 Å². The number of Topliss-reactive ketones (excluding diaryl/α,β-unsaturated/α-hetero) is 2. The molecule has 0 aliphatic rings. The monoisotopic (exact) mass is 1570 g/mol. The molecule has 25 heteroatoms. The van der Waals surface area contributed by atoms with E-state index in [0.717, 1.165) is 18.2 Å². The molecule has 10 nitrogen and oxygen atoms in total. The summed E-state index contributed by atoms with van der Waals surface area (Å²) in [5.74, 6) is -1.06. The molecule has 2 radical (unpaired) electrons. The second-order valence-corrected chi connectivity index (χ2v) is 23.1. The molecule has 460 valence electrons. The third-order valence-electron chi connectivity index (χ3n) is 12.3. The molecule has 0 saturated carbocycles. The van der Waals surface area contributed by atoms with Crippen molar-refractivity contribution in [1.82, 2.24) is 0 Å². The lowest BCUT2D eigenvalue weighted by atomic mass is 9.94. The van der Waals surface area contributed by atoms with E-state index in [2.05, 4.69) is 42.5 Å². The first-order valence-corrected chi connectivity index (χ1v) is 31.8. The van der Waals surface area contributed by atoms with E-state index in [1.165, 1.54) is 91.0 Å². The summed E-state index contributed by atoms with van der Waals surface area (Å²) < 4.78 is 148. The first kappa shape index (κ1) is 71.0. The van der Waals surface area contributed by atoms with E-state index in [1.807, 2.05) is 51.8 Å². The van der Waals surface area contributed by atoms with Crippen LogP contribution in [0, 0.1) is 20.8 Å². The second-order valence-electron chi connectivity index (χ2n) is 18.4. The number of halogens is 13. The highest BCUT2D eigenvalue weighted by Gasteiger charge is 2.36. The van der Waals surface area contributed by atoms with Crippen molar-refractivity contribution in [3.8, 4) is 33.4 Å². The van der Waals surface area contributed by atoms with Crippen LogP contribution in [0.5, 0.6) is 0 Å². The Bertz CT molecular complexity index is 3700. The molecule has 2 amide bonds. The lowest BCUT2D eigenvalue weighted by Crippen LogP contribution is -2.15. The summed E-state index contributed by atoms with van der Waals surface area (Å²) >= 11 is 6.13. The third kappa shape index (κ3) is 21.2. The summed E-state index contributed by atoms with van der Waals surface area (Å²) in [5.41, 5.74) is 25.6. The fourth-order valence-corrected chi connectivity index (χ4v) is 9.23. The topological polar surface area (TPSA) is 196 Å². The summed E-state index contributed by atoms with van der Waals surface area (Å²) in [6, 6.07) is 37.0. The molecule has 0 bridgehead atoms. The maximum atomic E-state index is 14.0. The molecular formula is C62H59BF10I3N6O4P. The molecule has 1 atom stereocenters. The van der Waals surface area contributed by atoms with E-state index in [1.54, 1.807) is 69.3 Å². The van der Waals surface area contributed by atoms with Gasteiger partial charge >= 0.3 is 18.5 Å². The Labute approximate surface area is 545 Å². The number of benzene rings is 8. The van der Waals surface area contributed by atoms with E-state index < -0.39 is 53.2 Å². The van der Waals surface area contributed by atoms with Gasteiger partial charge in [0.05, 0.1) is 26.8 Å². The van der Waals surface area contributed by atoms with Crippen LogP contribution in [0.25, 0.3) is 33.4 Å². The molecule has 0 fully saturated rings. The van der Waals surface area contributed by atoms with Crippen LogP contribution in [0.3, 0.4) is 0 Å². The molecule has 10 N–H and O–H groups in total. The molecule has 0 aliphatic carbocycles. The Morgan fingerprint density at radius 1 is 0.471 bits per heavy atom. The van der Waals surface area contributed by atoms with Gasteiger partial charge in [0, 0.05) is 64.8 Å². The normalized spacial score (nSPS) is 11.4. The Kier molecular flexibility index (Phi) is 27.4. The van der Waals surface area contributed by atoms with Gasteiger partial charge in [0.2, 0.25) is 0 Å². The summed E-state index contributed by atoms with van der Waals surface area (Å²) in [6.45, 7) is 6.87. The van der Waals surface area contributed by atoms with Crippen molar-refractivity contribution in [3.63, 3.8) is 0 Å². The fraction of sp³-hybridized carbons (Fsp3) is 0.161. The first-order valence-electron chi connectivity index (χ1n) is 26.0. The van der Waals surface area contributed by atoms with Gasteiger partial charge in [0.1, 0.15) is 0 Å². The van der Waals surface area contributed by atoms with Crippen LogP contribution in [0.1, 0.15) is 82.2 Å². The highest BCUT2D eigenvalue weighted by Crippen LogP contribution is 2.43.